The molecule has 0 amide bonds. The standard InChI is InChI=1S/C5H2F9/c6-1-2(7)3(8,9)4(10,11)5(12,13)14/h1-2H. The van der Waals surface area contributed by atoms with Gasteiger partial charge in [-0.3, -0.25) is 0 Å². The monoisotopic (exact) mass is 233 g/mol. The van der Waals surface area contributed by atoms with Crippen molar-refractivity contribution in [2.75, 3.05) is 0 Å². The maximum absolute atomic E-state index is 12.0. The van der Waals surface area contributed by atoms with Gasteiger partial charge in [0.25, 0.3) is 0 Å². The van der Waals surface area contributed by atoms with E-state index in [1.54, 1.807) is 0 Å². The van der Waals surface area contributed by atoms with Crippen LogP contribution in [0.2, 0.25) is 0 Å². The minimum absolute atomic E-state index is 1.57. The Balaban J connectivity index is 5.07. The lowest BCUT2D eigenvalue weighted by molar-refractivity contribution is -0.364. The van der Waals surface area contributed by atoms with E-state index in [2.05, 4.69) is 0 Å². The molecule has 85 valence electrons. The van der Waals surface area contributed by atoms with Crippen LogP contribution in [-0.4, -0.2) is 24.2 Å². The summed E-state index contributed by atoms with van der Waals surface area (Å²) in [7, 11) is 0. The molecular formula is C5H2F9. The zero-order chi connectivity index (χ0) is 11.8. The third-order valence-corrected chi connectivity index (χ3v) is 1.23. The smallest absolute Gasteiger partial charge is 0.241 e. The van der Waals surface area contributed by atoms with Crippen LogP contribution < -0.4 is 0 Å². The van der Waals surface area contributed by atoms with E-state index in [4.69, 9.17) is 0 Å². The quantitative estimate of drug-likeness (QED) is 0.656. The van der Waals surface area contributed by atoms with Crippen LogP contribution in [0.15, 0.2) is 0 Å². The average Bonchev–Trinajstić information content (AvgIpc) is 2.00. The van der Waals surface area contributed by atoms with Crippen LogP contribution in [0.4, 0.5) is 39.5 Å². The number of halogens is 9. The molecule has 0 N–H and O–H groups in total. The van der Waals surface area contributed by atoms with E-state index in [0.717, 1.165) is 0 Å². The van der Waals surface area contributed by atoms with Gasteiger partial charge in [-0.2, -0.15) is 30.7 Å². The van der Waals surface area contributed by atoms with Crippen molar-refractivity contribution in [2.45, 2.75) is 24.2 Å². The number of alkyl halides is 8. The zero-order valence-electron chi connectivity index (χ0n) is 6.06. The van der Waals surface area contributed by atoms with E-state index in [9.17, 15) is 39.5 Å². The molecule has 14 heavy (non-hydrogen) atoms. The molecule has 0 heterocycles. The molecule has 0 aliphatic rings. The first-order valence-electron chi connectivity index (χ1n) is 2.88. The Hall–Kier alpha value is -0.630. The predicted octanol–water partition coefficient (Wildman–Crippen LogP) is 3.29. The first-order valence-corrected chi connectivity index (χ1v) is 2.88. The molecule has 0 bridgehead atoms. The molecule has 9 heteroatoms. The van der Waals surface area contributed by atoms with Gasteiger partial charge in [-0.25, -0.2) is 8.78 Å². The maximum atomic E-state index is 12.0. The molecule has 0 aliphatic carbocycles. The fourth-order valence-corrected chi connectivity index (χ4v) is 0.441. The van der Waals surface area contributed by atoms with Gasteiger partial charge in [0, 0.05) is 0 Å². The summed E-state index contributed by atoms with van der Waals surface area (Å²) < 4.78 is 104. The summed E-state index contributed by atoms with van der Waals surface area (Å²) >= 11 is 0. The summed E-state index contributed by atoms with van der Waals surface area (Å²) in [4.78, 5) is 0. The second kappa shape index (κ2) is 3.50. The van der Waals surface area contributed by atoms with E-state index in [1.807, 2.05) is 0 Å². The third-order valence-electron chi connectivity index (χ3n) is 1.23. The van der Waals surface area contributed by atoms with Crippen LogP contribution in [0, 0.1) is 6.67 Å². The van der Waals surface area contributed by atoms with E-state index < -0.39 is 30.9 Å². The van der Waals surface area contributed by atoms with Crippen LogP contribution >= 0.6 is 0 Å². The van der Waals surface area contributed by atoms with E-state index in [1.165, 1.54) is 0 Å². The molecule has 1 radical (unpaired) electrons. The molecule has 0 fully saturated rings. The highest BCUT2D eigenvalue weighted by molar-refractivity contribution is 4.98. The third kappa shape index (κ3) is 1.90. The first kappa shape index (κ1) is 13.4. The minimum Gasteiger partial charge on any atom is -0.241 e. The molecule has 0 rings (SSSR count). The Morgan fingerprint density at radius 1 is 0.857 bits per heavy atom. The predicted molar refractivity (Wildman–Crippen MR) is 26.3 cm³/mol. The van der Waals surface area contributed by atoms with Gasteiger partial charge in [-0.05, 0) is 0 Å². The minimum atomic E-state index is -6.65. The van der Waals surface area contributed by atoms with Gasteiger partial charge in [-0.1, -0.05) is 0 Å². The summed E-state index contributed by atoms with van der Waals surface area (Å²) in [6, 6.07) is 0. The molecule has 0 nitrogen and oxygen atoms in total. The summed E-state index contributed by atoms with van der Waals surface area (Å²) in [5.74, 6) is -12.8. The summed E-state index contributed by atoms with van der Waals surface area (Å²) in [5, 5.41) is 0. The van der Waals surface area contributed by atoms with Gasteiger partial charge in [-0.15, -0.1) is 0 Å². The van der Waals surface area contributed by atoms with Crippen molar-refractivity contribution in [1.29, 1.82) is 0 Å². The van der Waals surface area contributed by atoms with Gasteiger partial charge >= 0.3 is 18.0 Å². The highest BCUT2D eigenvalue weighted by Crippen LogP contribution is 2.49. The van der Waals surface area contributed by atoms with Crippen molar-refractivity contribution in [3.05, 3.63) is 6.67 Å². The van der Waals surface area contributed by atoms with Gasteiger partial charge < -0.3 is 0 Å². The Bertz CT molecular complexity index is 192. The average molecular weight is 233 g/mol. The highest BCUT2D eigenvalue weighted by atomic mass is 19.4. The zero-order valence-corrected chi connectivity index (χ0v) is 6.06. The van der Waals surface area contributed by atoms with Crippen molar-refractivity contribution >= 4 is 0 Å². The van der Waals surface area contributed by atoms with Gasteiger partial charge in [0.05, 0.1) is 0 Å². The van der Waals surface area contributed by atoms with Gasteiger partial charge in [0.15, 0.2) is 6.67 Å². The molecular weight excluding hydrogens is 231 g/mol. The molecule has 0 aromatic rings. The fraction of sp³-hybridized carbons (Fsp3) is 0.800. The lowest BCUT2D eigenvalue weighted by Crippen LogP contribution is -2.56. The van der Waals surface area contributed by atoms with Gasteiger partial charge in [0.1, 0.15) is 0 Å². The second-order valence-corrected chi connectivity index (χ2v) is 2.22. The van der Waals surface area contributed by atoms with Crippen molar-refractivity contribution in [2.24, 2.45) is 0 Å². The summed E-state index contributed by atoms with van der Waals surface area (Å²) in [5.41, 5.74) is 0. The van der Waals surface area contributed by atoms with Crippen molar-refractivity contribution in [3.63, 3.8) is 0 Å². The fourth-order valence-electron chi connectivity index (χ4n) is 0.441. The number of hydrogen-bond donors (Lipinski definition) is 0. The molecule has 0 saturated heterocycles. The Kier molecular flexibility index (Phi) is 3.34. The second-order valence-electron chi connectivity index (χ2n) is 2.22. The van der Waals surface area contributed by atoms with Crippen LogP contribution in [0.5, 0.6) is 0 Å². The summed E-state index contributed by atoms with van der Waals surface area (Å²) in [6.45, 7) is -1.57. The molecule has 0 aromatic heterocycles. The first-order chi connectivity index (χ1) is 5.98. The molecule has 0 aromatic carbocycles. The lowest BCUT2D eigenvalue weighted by atomic mass is 10.1. The van der Waals surface area contributed by atoms with Crippen LogP contribution in [-0.2, 0) is 0 Å². The number of hydrogen-bond acceptors (Lipinski definition) is 0. The van der Waals surface area contributed by atoms with Crippen LogP contribution in [0.25, 0.3) is 0 Å². The van der Waals surface area contributed by atoms with E-state index >= 15 is 0 Å². The molecule has 0 saturated carbocycles. The van der Waals surface area contributed by atoms with E-state index in [0.29, 0.717) is 0 Å². The molecule has 0 spiro atoms. The maximum Gasteiger partial charge on any atom is 0.459 e. The van der Waals surface area contributed by atoms with Crippen molar-refractivity contribution in [3.8, 4) is 0 Å². The van der Waals surface area contributed by atoms with Gasteiger partial charge in [0.2, 0.25) is 6.17 Å². The highest BCUT2D eigenvalue weighted by Gasteiger charge is 2.76. The normalized spacial score (nSPS) is 16.9. The molecule has 0 aliphatic heterocycles. The lowest BCUT2D eigenvalue weighted by Gasteiger charge is -2.28. The largest absolute Gasteiger partial charge is 0.459 e. The number of rotatable bonds is 3. The van der Waals surface area contributed by atoms with E-state index in [-0.39, 0.29) is 0 Å². The Morgan fingerprint density at radius 2 is 1.21 bits per heavy atom. The topological polar surface area (TPSA) is 0 Å². The van der Waals surface area contributed by atoms with Crippen LogP contribution in [0.3, 0.4) is 0 Å². The van der Waals surface area contributed by atoms with Crippen molar-refractivity contribution < 1.29 is 39.5 Å². The Morgan fingerprint density at radius 3 is 1.43 bits per heavy atom. The van der Waals surface area contributed by atoms with Crippen molar-refractivity contribution in [1.82, 2.24) is 0 Å². The summed E-state index contributed by atoms with van der Waals surface area (Å²) in [6.07, 6.45) is -11.0. The SMILES string of the molecule is F[CH]C(F)C(F)(F)C(F)(F)C(F)(F)F. The molecule has 1 unspecified atom stereocenters. The van der Waals surface area contributed by atoms with Crippen LogP contribution in [0.1, 0.15) is 0 Å². The molecule has 1 atom stereocenters. The Labute approximate surface area is 71.7 Å².